The van der Waals surface area contributed by atoms with Crippen LogP contribution in [0, 0.1) is 20.8 Å². The number of hydrogen-bond donors (Lipinski definition) is 2. The lowest BCUT2D eigenvalue weighted by Gasteiger charge is -2.12. The number of anilines is 3. The molecule has 0 bridgehead atoms. The fourth-order valence-corrected chi connectivity index (χ4v) is 1.89. The molecule has 2 aromatic rings. The van der Waals surface area contributed by atoms with E-state index in [2.05, 4.69) is 52.6 Å². The first-order chi connectivity index (χ1) is 9.10. The van der Waals surface area contributed by atoms with Gasteiger partial charge in [-0.05, 0) is 39.3 Å². The topological polar surface area (TPSA) is 49.8 Å². The standard InChI is InChI=1S/C15H20N4/c1-5-16-15-17-9-12(4)14(19-15)18-13-7-6-10(2)8-11(13)3/h6-9H,5H2,1-4H3,(H2,16,17,18,19). The zero-order chi connectivity index (χ0) is 13.8. The minimum absolute atomic E-state index is 0.653. The maximum absolute atomic E-state index is 4.49. The summed E-state index contributed by atoms with van der Waals surface area (Å²) >= 11 is 0. The lowest BCUT2D eigenvalue weighted by molar-refractivity contribution is 1.07. The van der Waals surface area contributed by atoms with E-state index < -0.39 is 0 Å². The predicted octanol–water partition coefficient (Wildman–Crippen LogP) is 3.58. The third-order valence-electron chi connectivity index (χ3n) is 2.94. The van der Waals surface area contributed by atoms with Crippen LogP contribution in [-0.4, -0.2) is 16.5 Å². The Labute approximate surface area is 114 Å². The van der Waals surface area contributed by atoms with Crippen LogP contribution in [0.1, 0.15) is 23.6 Å². The SMILES string of the molecule is CCNc1ncc(C)c(Nc2ccc(C)cc2C)n1. The minimum Gasteiger partial charge on any atom is -0.354 e. The third-order valence-corrected chi connectivity index (χ3v) is 2.94. The molecule has 4 nitrogen and oxygen atoms in total. The second-order valence-corrected chi connectivity index (χ2v) is 4.70. The van der Waals surface area contributed by atoms with Crippen LogP contribution in [0.25, 0.3) is 0 Å². The van der Waals surface area contributed by atoms with E-state index in [9.17, 15) is 0 Å². The first kappa shape index (κ1) is 13.3. The van der Waals surface area contributed by atoms with Gasteiger partial charge in [-0.25, -0.2) is 4.98 Å². The summed E-state index contributed by atoms with van der Waals surface area (Å²) in [5.41, 5.74) is 4.58. The van der Waals surface area contributed by atoms with Crippen molar-refractivity contribution >= 4 is 17.5 Å². The van der Waals surface area contributed by atoms with Crippen molar-refractivity contribution in [2.75, 3.05) is 17.2 Å². The van der Waals surface area contributed by atoms with E-state index in [1.165, 1.54) is 11.1 Å². The van der Waals surface area contributed by atoms with E-state index in [1.54, 1.807) is 0 Å². The molecule has 2 rings (SSSR count). The van der Waals surface area contributed by atoms with E-state index in [0.717, 1.165) is 23.6 Å². The van der Waals surface area contributed by atoms with Gasteiger partial charge >= 0.3 is 0 Å². The summed E-state index contributed by atoms with van der Waals surface area (Å²) in [7, 11) is 0. The number of nitrogens with one attached hydrogen (secondary N) is 2. The highest BCUT2D eigenvalue weighted by molar-refractivity contribution is 5.63. The predicted molar refractivity (Wildman–Crippen MR) is 80.1 cm³/mol. The van der Waals surface area contributed by atoms with Crippen LogP contribution < -0.4 is 10.6 Å². The molecule has 0 saturated carbocycles. The summed E-state index contributed by atoms with van der Waals surface area (Å²) in [6, 6.07) is 6.33. The molecule has 0 unspecified atom stereocenters. The lowest BCUT2D eigenvalue weighted by Crippen LogP contribution is -2.06. The van der Waals surface area contributed by atoms with Crippen LogP contribution in [0.15, 0.2) is 24.4 Å². The zero-order valence-corrected chi connectivity index (χ0v) is 11.9. The molecule has 0 atom stereocenters. The van der Waals surface area contributed by atoms with Crippen LogP contribution in [0.4, 0.5) is 17.5 Å². The Morgan fingerprint density at radius 3 is 2.58 bits per heavy atom. The summed E-state index contributed by atoms with van der Waals surface area (Å²) in [5.74, 6) is 1.50. The van der Waals surface area contributed by atoms with Crippen molar-refractivity contribution in [2.45, 2.75) is 27.7 Å². The molecule has 4 heteroatoms. The highest BCUT2D eigenvalue weighted by Gasteiger charge is 2.05. The summed E-state index contributed by atoms with van der Waals surface area (Å²) in [5, 5.41) is 6.50. The fraction of sp³-hybridized carbons (Fsp3) is 0.333. The van der Waals surface area contributed by atoms with Gasteiger partial charge in [-0.15, -0.1) is 0 Å². The fourth-order valence-electron chi connectivity index (χ4n) is 1.89. The van der Waals surface area contributed by atoms with Crippen molar-refractivity contribution < 1.29 is 0 Å². The Morgan fingerprint density at radius 1 is 1.11 bits per heavy atom. The van der Waals surface area contributed by atoms with Crippen molar-refractivity contribution in [1.82, 2.24) is 9.97 Å². The van der Waals surface area contributed by atoms with Gasteiger partial charge in [0.1, 0.15) is 5.82 Å². The molecule has 1 heterocycles. The smallest absolute Gasteiger partial charge is 0.224 e. The van der Waals surface area contributed by atoms with Gasteiger partial charge in [0.2, 0.25) is 5.95 Å². The lowest BCUT2D eigenvalue weighted by atomic mass is 10.1. The zero-order valence-electron chi connectivity index (χ0n) is 11.9. The number of nitrogens with zero attached hydrogens (tertiary/aromatic N) is 2. The number of aromatic nitrogens is 2. The molecule has 1 aromatic heterocycles. The Morgan fingerprint density at radius 2 is 1.89 bits per heavy atom. The van der Waals surface area contributed by atoms with Gasteiger partial charge in [0.05, 0.1) is 0 Å². The van der Waals surface area contributed by atoms with Crippen molar-refractivity contribution in [3.63, 3.8) is 0 Å². The van der Waals surface area contributed by atoms with E-state index in [1.807, 2.05) is 20.0 Å². The molecule has 2 N–H and O–H groups in total. The van der Waals surface area contributed by atoms with Crippen LogP contribution in [0.5, 0.6) is 0 Å². The first-order valence-corrected chi connectivity index (χ1v) is 6.52. The van der Waals surface area contributed by atoms with Gasteiger partial charge in [0.15, 0.2) is 0 Å². The monoisotopic (exact) mass is 256 g/mol. The van der Waals surface area contributed by atoms with Gasteiger partial charge in [0.25, 0.3) is 0 Å². The van der Waals surface area contributed by atoms with E-state index in [0.29, 0.717) is 5.95 Å². The molecular weight excluding hydrogens is 236 g/mol. The Balaban J connectivity index is 2.29. The van der Waals surface area contributed by atoms with Crippen LogP contribution in [-0.2, 0) is 0 Å². The molecule has 100 valence electrons. The quantitative estimate of drug-likeness (QED) is 0.878. The van der Waals surface area contributed by atoms with E-state index in [-0.39, 0.29) is 0 Å². The first-order valence-electron chi connectivity index (χ1n) is 6.52. The average Bonchev–Trinajstić information content (AvgIpc) is 2.37. The highest BCUT2D eigenvalue weighted by Crippen LogP contribution is 2.22. The highest BCUT2D eigenvalue weighted by atomic mass is 15.1. The molecule has 0 aliphatic rings. The van der Waals surface area contributed by atoms with Crippen molar-refractivity contribution in [1.29, 1.82) is 0 Å². The molecule has 19 heavy (non-hydrogen) atoms. The molecule has 1 aromatic carbocycles. The van der Waals surface area contributed by atoms with Crippen molar-refractivity contribution in [3.05, 3.63) is 41.1 Å². The van der Waals surface area contributed by atoms with Gasteiger partial charge < -0.3 is 10.6 Å². The Bertz CT molecular complexity index is 578. The molecule has 0 spiro atoms. The maximum atomic E-state index is 4.49. The number of rotatable bonds is 4. The van der Waals surface area contributed by atoms with Gasteiger partial charge in [-0.3, -0.25) is 0 Å². The van der Waals surface area contributed by atoms with Crippen LogP contribution in [0.3, 0.4) is 0 Å². The number of aryl methyl sites for hydroxylation is 3. The average molecular weight is 256 g/mol. The molecule has 0 amide bonds. The third kappa shape index (κ3) is 3.22. The van der Waals surface area contributed by atoms with E-state index >= 15 is 0 Å². The Hall–Kier alpha value is -2.10. The molecule has 0 aliphatic heterocycles. The van der Waals surface area contributed by atoms with Gasteiger partial charge in [-0.2, -0.15) is 4.98 Å². The summed E-state index contributed by atoms with van der Waals surface area (Å²) < 4.78 is 0. The summed E-state index contributed by atoms with van der Waals surface area (Å²) in [6.07, 6.45) is 1.83. The molecule has 0 saturated heterocycles. The molecular formula is C15H20N4. The van der Waals surface area contributed by atoms with Crippen molar-refractivity contribution in [3.8, 4) is 0 Å². The van der Waals surface area contributed by atoms with Gasteiger partial charge in [0, 0.05) is 24.0 Å². The number of hydrogen-bond acceptors (Lipinski definition) is 4. The second-order valence-electron chi connectivity index (χ2n) is 4.70. The maximum Gasteiger partial charge on any atom is 0.224 e. The second kappa shape index (κ2) is 5.69. The summed E-state index contributed by atoms with van der Waals surface area (Å²) in [6.45, 7) is 9.03. The molecule has 0 fully saturated rings. The van der Waals surface area contributed by atoms with E-state index in [4.69, 9.17) is 0 Å². The molecule has 0 aliphatic carbocycles. The molecule has 0 radical (unpaired) electrons. The normalized spacial score (nSPS) is 10.3. The van der Waals surface area contributed by atoms with Crippen LogP contribution in [0.2, 0.25) is 0 Å². The van der Waals surface area contributed by atoms with Crippen LogP contribution >= 0.6 is 0 Å². The minimum atomic E-state index is 0.653. The van der Waals surface area contributed by atoms with Gasteiger partial charge in [-0.1, -0.05) is 17.7 Å². The number of benzene rings is 1. The van der Waals surface area contributed by atoms with Crippen molar-refractivity contribution in [2.24, 2.45) is 0 Å². The summed E-state index contributed by atoms with van der Waals surface area (Å²) in [4.78, 5) is 8.73. The Kier molecular flexibility index (Phi) is 4.00. The largest absolute Gasteiger partial charge is 0.354 e.